The number of piperazine rings is 1. The highest BCUT2D eigenvalue weighted by atomic mass is 32.1. The van der Waals surface area contributed by atoms with Crippen molar-refractivity contribution >= 4 is 32.6 Å². The molecule has 7 heteroatoms. The van der Waals surface area contributed by atoms with Gasteiger partial charge in [0, 0.05) is 52.4 Å². The van der Waals surface area contributed by atoms with Crippen LogP contribution >= 0.6 is 11.3 Å². The maximum Gasteiger partial charge on any atom is 0.224 e. The van der Waals surface area contributed by atoms with Gasteiger partial charge in [-0.05, 0) is 62.4 Å². The number of amides is 1. The largest absolute Gasteiger partial charge is 0.356 e. The molecule has 1 N–H and O–H groups in total. The predicted octanol–water partition coefficient (Wildman–Crippen LogP) is 4.45. The van der Waals surface area contributed by atoms with E-state index in [1.807, 2.05) is 0 Å². The maximum absolute atomic E-state index is 12.9. The fourth-order valence-electron chi connectivity index (χ4n) is 5.53. The van der Waals surface area contributed by atoms with Crippen LogP contribution in [0.1, 0.15) is 36.0 Å². The van der Waals surface area contributed by atoms with E-state index in [0.717, 1.165) is 88.8 Å². The summed E-state index contributed by atoms with van der Waals surface area (Å²) in [5, 5.41) is 4.29. The Balaban J connectivity index is 1.03. The number of rotatable bonds is 8. The molecule has 3 heterocycles. The zero-order valence-electron chi connectivity index (χ0n) is 21.7. The van der Waals surface area contributed by atoms with Gasteiger partial charge in [0.05, 0.1) is 16.1 Å². The van der Waals surface area contributed by atoms with E-state index in [-0.39, 0.29) is 11.8 Å². The highest BCUT2D eigenvalue weighted by Crippen LogP contribution is 2.33. The van der Waals surface area contributed by atoms with E-state index in [9.17, 15) is 4.79 Å². The molecule has 5 rings (SSSR count). The lowest BCUT2D eigenvalue weighted by Crippen LogP contribution is -2.47. The smallest absolute Gasteiger partial charge is 0.224 e. The summed E-state index contributed by atoms with van der Waals surface area (Å²) in [4.78, 5) is 25.3. The van der Waals surface area contributed by atoms with E-state index < -0.39 is 0 Å². The van der Waals surface area contributed by atoms with E-state index in [2.05, 4.69) is 76.3 Å². The summed E-state index contributed by atoms with van der Waals surface area (Å²) in [6.07, 6.45) is 3.02. The van der Waals surface area contributed by atoms with Crippen molar-refractivity contribution < 1.29 is 4.79 Å². The minimum absolute atomic E-state index is 0.0510. The number of nitrogens with zero attached hydrogens (tertiary/aromatic N) is 4. The summed E-state index contributed by atoms with van der Waals surface area (Å²) in [7, 11) is 0. The molecule has 2 saturated heterocycles. The molecule has 2 aliphatic rings. The van der Waals surface area contributed by atoms with Crippen molar-refractivity contribution in [3.8, 4) is 0 Å². The Kier molecular flexibility index (Phi) is 8.19. The number of aromatic nitrogens is 1. The molecule has 0 bridgehead atoms. The Morgan fingerprint density at radius 3 is 2.64 bits per heavy atom. The van der Waals surface area contributed by atoms with Crippen LogP contribution in [-0.2, 0) is 11.3 Å². The minimum Gasteiger partial charge on any atom is -0.356 e. The fraction of sp³-hybridized carbons (Fsp3) is 0.517. The molecule has 0 radical (unpaired) electrons. The van der Waals surface area contributed by atoms with Gasteiger partial charge in [0.2, 0.25) is 5.91 Å². The highest BCUT2D eigenvalue weighted by molar-refractivity contribution is 7.22. The van der Waals surface area contributed by atoms with Crippen LogP contribution in [0.3, 0.4) is 0 Å². The average molecular weight is 506 g/mol. The third-order valence-corrected chi connectivity index (χ3v) is 8.61. The van der Waals surface area contributed by atoms with Crippen molar-refractivity contribution in [3.63, 3.8) is 0 Å². The van der Waals surface area contributed by atoms with E-state index >= 15 is 0 Å². The van der Waals surface area contributed by atoms with Crippen LogP contribution in [0.2, 0.25) is 0 Å². The average Bonchev–Trinajstić information content (AvgIpc) is 3.33. The molecule has 0 aliphatic carbocycles. The number of anilines is 1. The maximum atomic E-state index is 12.9. The molecule has 6 nitrogen and oxygen atoms in total. The van der Waals surface area contributed by atoms with Crippen LogP contribution in [0.25, 0.3) is 10.2 Å². The number of piperidine rings is 1. The van der Waals surface area contributed by atoms with E-state index in [4.69, 9.17) is 4.98 Å². The number of aryl methyl sites for hydroxylation is 2. The molecule has 3 aromatic rings. The number of hydrogen-bond acceptors (Lipinski definition) is 6. The van der Waals surface area contributed by atoms with Crippen LogP contribution in [0, 0.1) is 19.8 Å². The molecule has 1 aromatic heterocycles. The van der Waals surface area contributed by atoms with E-state index in [1.54, 1.807) is 11.3 Å². The molecule has 1 amide bonds. The number of carbonyl (C=O) groups excluding carboxylic acids is 1. The van der Waals surface area contributed by atoms with Crippen LogP contribution < -0.4 is 10.2 Å². The zero-order valence-corrected chi connectivity index (χ0v) is 22.5. The number of hydrogen-bond donors (Lipinski definition) is 1. The van der Waals surface area contributed by atoms with Crippen molar-refractivity contribution in [2.75, 3.05) is 57.3 Å². The Bertz CT molecular complexity index is 1160. The lowest BCUT2D eigenvalue weighted by atomic mass is 9.97. The molecule has 192 valence electrons. The second-order valence-electron chi connectivity index (χ2n) is 10.5. The van der Waals surface area contributed by atoms with Gasteiger partial charge in [-0.3, -0.25) is 9.69 Å². The first-order chi connectivity index (χ1) is 17.5. The zero-order chi connectivity index (χ0) is 24.9. The Hall–Kier alpha value is -2.48. The lowest BCUT2D eigenvalue weighted by Gasteiger charge is -2.35. The van der Waals surface area contributed by atoms with Gasteiger partial charge in [0.1, 0.15) is 0 Å². The van der Waals surface area contributed by atoms with Gasteiger partial charge in [-0.15, -0.1) is 0 Å². The molecule has 2 fully saturated rings. The second kappa shape index (κ2) is 11.7. The summed E-state index contributed by atoms with van der Waals surface area (Å²) in [5.41, 5.74) is 5.01. The minimum atomic E-state index is 0.0510. The molecule has 0 saturated carbocycles. The molecular weight excluding hydrogens is 466 g/mol. The lowest BCUT2D eigenvalue weighted by molar-refractivity contribution is -0.125. The van der Waals surface area contributed by atoms with Gasteiger partial charge in [-0.1, -0.05) is 47.7 Å². The molecule has 36 heavy (non-hydrogen) atoms. The molecule has 1 atom stereocenters. The van der Waals surface area contributed by atoms with Gasteiger partial charge in [-0.2, -0.15) is 0 Å². The first-order valence-corrected chi connectivity index (χ1v) is 14.3. The Morgan fingerprint density at radius 1 is 1.06 bits per heavy atom. The van der Waals surface area contributed by atoms with Crippen molar-refractivity contribution in [1.82, 2.24) is 20.1 Å². The number of carbonyl (C=O) groups is 1. The topological polar surface area (TPSA) is 51.7 Å². The van der Waals surface area contributed by atoms with Crippen LogP contribution in [0.15, 0.2) is 42.5 Å². The molecule has 2 aromatic carbocycles. The van der Waals surface area contributed by atoms with Gasteiger partial charge in [-0.25, -0.2) is 4.98 Å². The number of fused-ring (bicyclic) bond motifs is 1. The summed E-state index contributed by atoms with van der Waals surface area (Å²) < 4.78 is 1.25. The third kappa shape index (κ3) is 6.25. The normalized spacial score (nSPS) is 19.6. The molecular formula is C29H39N5OS. The second-order valence-corrected chi connectivity index (χ2v) is 11.5. The highest BCUT2D eigenvalue weighted by Gasteiger charge is 2.27. The Labute approximate surface area is 219 Å². The van der Waals surface area contributed by atoms with Crippen LogP contribution in [-0.4, -0.2) is 73.0 Å². The SMILES string of the molecule is Cc1cc(C)c2nc(N3CCCC(C(=O)NCCCN4CCN(Cc5ccccc5)CC4)C3)sc2c1. The van der Waals surface area contributed by atoms with Gasteiger partial charge in [0.15, 0.2) is 5.13 Å². The van der Waals surface area contributed by atoms with Gasteiger partial charge < -0.3 is 15.1 Å². The van der Waals surface area contributed by atoms with E-state index in [0.29, 0.717) is 0 Å². The standard InChI is InChI=1S/C29H39N5OS/c1-22-18-23(2)27-26(19-22)36-29(31-27)34-13-6-10-25(21-34)28(35)30-11-7-12-32-14-16-33(17-15-32)20-24-8-4-3-5-9-24/h3-5,8-9,18-19,25H,6-7,10-17,20-21H2,1-2H3,(H,30,35). The van der Waals surface area contributed by atoms with Gasteiger partial charge in [0.25, 0.3) is 0 Å². The summed E-state index contributed by atoms with van der Waals surface area (Å²) in [6.45, 7) is 13.3. The molecule has 0 spiro atoms. The van der Waals surface area contributed by atoms with E-state index in [1.165, 1.54) is 21.4 Å². The summed E-state index contributed by atoms with van der Waals surface area (Å²) in [5.74, 6) is 0.260. The van der Waals surface area contributed by atoms with Crippen LogP contribution in [0.5, 0.6) is 0 Å². The third-order valence-electron chi connectivity index (χ3n) is 7.55. The number of thiazole rings is 1. The van der Waals surface area contributed by atoms with Crippen molar-refractivity contribution in [1.29, 1.82) is 0 Å². The summed E-state index contributed by atoms with van der Waals surface area (Å²) >= 11 is 1.76. The number of nitrogens with one attached hydrogen (secondary N) is 1. The van der Waals surface area contributed by atoms with Crippen molar-refractivity contribution in [2.45, 2.75) is 39.7 Å². The monoisotopic (exact) mass is 505 g/mol. The first kappa shape index (κ1) is 25.2. The van der Waals surface area contributed by atoms with Crippen molar-refractivity contribution in [3.05, 3.63) is 59.2 Å². The van der Waals surface area contributed by atoms with Gasteiger partial charge >= 0.3 is 0 Å². The fourth-order valence-corrected chi connectivity index (χ4v) is 6.71. The predicted molar refractivity (Wildman–Crippen MR) is 150 cm³/mol. The first-order valence-electron chi connectivity index (χ1n) is 13.4. The quantitative estimate of drug-likeness (QED) is 0.459. The molecule has 1 unspecified atom stereocenters. The van der Waals surface area contributed by atoms with Crippen molar-refractivity contribution in [2.24, 2.45) is 5.92 Å². The number of benzene rings is 2. The Morgan fingerprint density at radius 2 is 1.83 bits per heavy atom. The molecule has 2 aliphatic heterocycles. The van der Waals surface area contributed by atoms with Crippen LogP contribution in [0.4, 0.5) is 5.13 Å². The summed E-state index contributed by atoms with van der Waals surface area (Å²) in [6, 6.07) is 15.2.